The first-order valence-corrected chi connectivity index (χ1v) is 6.14. The molecule has 5 nitrogen and oxygen atoms in total. The van der Waals surface area contributed by atoms with Crippen molar-refractivity contribution < 1.29 is 8.78 Å². The summed E-state index contributed by atoms with van der Waals surface area (Å²) in [5, 5.41) is 2.97. The average molecular weight is 279 g/mol. The Morgan fingerprint density at radius 3 is 2.65 bits per heavy atom. The van der Waals surface area contributed by atoms with Gasteiger partial charge < -0.3 is 10.7 Å². The van der Waals surface area contributed by atoms with Crippen LogP contribution in [0.25, 0.3) is 0 Å². The van der Waals surface area contributed by atoms with Crippen molar-refractivity contribution in [3.8, 4) is 0 Å². The van der Waals surface area contributed by atoms with E-state index in [-0.39, 0.29) is 12.1 Å². The summed E-state index contributed by atoms with van der Waals surface area (Å²) in [5.41, 5.74) is 3.49. The van der Waals surface area contributed by atoms with Crippen LogP contribution in [0.1, 0.15) is 18.1 Å². The molecule has 1 heterocycles. The summed E-state index contributed by atoms with van der Waals surface area (Å²) in [6, 6.07) is 3.33. The number of aromatic nitrogens is 2. The number of hydrogen-bond donors (Lipinski definition) is 3. The summed E-state index contributed by atoms with van der Waals surface area (Å²) in [6.07, 6.45) is 1.99. The minimum atomic E-state index is -0.481. The number of nitrogens with zero attached hydrogens (tertiary/aromatic N) is 2. The standard InChI is InChI=1S/C13H15F2N5/c1-2-10-12(18-7-19-13(10)20-16)17-6-8-5-9(14)3-4-11(8)15/h3-5,7H,2,6,16H2,1H3,(H2,17,18,19,20). The molecule has 0 fully saturated rings. The fourth-order valence-electron chi connectivity index (χ4n) is 1.88. The van der Waals surface area contributed by atoms with Gasteiger partial charge >= 0.3 is 0 Å². The van der Waals surface area contributed by atoms with Gasteiger partial charge in [0.25, 0.3) is 0 Å². The summed E-state index contributed by atoms with van der Waals surface area (Å²) < 4.78 is 26.6. The van der Waals surface area contributed by atoms with E-state index in [2.05, 4.69) is 20.7 Å². The molecule has 4 N–H and O–H groups in total. The van der Waals surface area contributed by atoms with E-state index in [0.29, 0.717) is 18.1 Å². The van der Waals surface area contributed by atoms with Gasteiger partial charge in [0, 0.05) is 17.7 Å². The number of anilines is 2. The molecule has 20 heavy (non-hydrogen) atoms. The molecule has 0 aliphatic rings. The molecule has 0 saturated carbocycles. The highest BCUT2D eigenvalue weighted by Gasteiger charge is 2.10. The molecular formula is C13H15F2N5. The number of nitrogen functional groups attached to an aromatic ring is 1. The summed E-state index contributed by atoms with van der Waals surface area (Å²) in [5.74, 6) is 5.46. The molecular weight excluding hydrogens is 264 g/mol. The Hall–Kier alpha value is -2.28. The highest BCUT2D eigenvalue weighted by molar-refractivity contribution is 5.56. The van der Waals surface area contributed by atoms with Crippen molar-refractivity contribution in [2.75, 3.05) is 10.7 Å². The molecule has 1 aromatic heterocycles. The van der Waals surface area contributed by atoms with Gasteiger partial charge in [0.05, 0.1) is 0 Å². The van der Waals surface area contributed by atoms with Gasteiger partial charge in [0.15, 0.2) is 0 Å². The third-order valence-electron chi connectivity index (χ3n) is 2.89. The summed E-state index contributed by atoms with van der Waals surface area (Å²) in [4.78, 5) is 8.09. The highest BCUT2D eigenvalue weighted by Crippen LogP contribution is 2.20. The normalized spacial score (nSPS) is 10.4. The van der Waals surface area contributed by atoms with E-state index in [1.54, 1.807) is 0 Å². The molecule has 1 aromatic carbocycles. The van der Waals surface area contributed by atoms with Crippen molar-refractivity contribution in [3.05, 3.63) is 47.3 Å². The zero-order valence-electron chi connectivity index (χ0n) is 11.0. The summed E-state index contributed by atoms with van der Waals surface area (Å²) in [6.45, 7) is 2.05. The molecule has 0 unspecified atom stereocenters. The van der Waals surface area contributed by atoms with Gasteiger partial charge in [-0.2, -0.15) is 0 Å². The minimum absolute atomic E-state index is 0.123. The first-order chi connectivity index (χ1) is 9.65. The predicted molar refractivity (Wildman–Crippen MR) is 72.9 cm³/mol. The largest absolute Gasteiger partial charge is 0.365 e. The zero-order valence-corrected chi connectivity index (χ0v) is 11.0. The van der Waals surface area contributed by atoms with Gasteiger partial charge in [-0.25, -0.2) is 24.6 Å². The maximum atomic E-state index is 13.5. The molecule has 0 atom stereocenters. The number of rotatable bonds is 5. The van der Waals surface area contributed by atoms with E-state index in [1.807, 2.05) is 6.92 Å². The van der Waals surface area contributed by atoms with Gasteiger partial charge in [-0.3, -0.25) is 0 Å². The molecule has 2 rings (SSSR count). The van der Waals surface area contributed by atoms with Crippen molar-refractivity contribution >= 4 is 11.6 Å². The van der Waals surface area contributed by atoms with E-state index >= 15 is 0 Å². The zero-order chi connectivity index (χ0) is 14.5. The maximum absolute atomic E-state index is 13.5. The Balaban J connectivity index is 2.20. The van der Waals surface area contributed by atoms with Gasteiger partial charge in [-0.15, -0.1) is 0 Å². The van der Waals surface area contributed by atoms with Crippen molar-refractivity contribution in [1.82, 2.24) is 9.97 Å². The van der Waals surface area contributed by atoms with Crippen LogP contribution in [0.5, 0.6) is 0 Å². The van der Waals surface area contributed by atoms with Crippen LogP contribution in [0, 0.1) is 11.6 Å². The third kappa shape index (κ3) is 3.00. The highest BCUT2D eigenvalue weighted by atomic mass is 19.1. The van der Waals surface area contributed by atoms with Gasteiger partial charge in [0.1, 0.15) is 29.6 Å². The van der Waals surface area contributed by atoms with Crippen LogP contribution >= 0.6 is 0 Å². The number of hydrazine groups is 1. The SMILES string of the molecule is CCc1c(NN)ncnc1NCc1cc(F)ccc1F. The molecule has 0 amide bonds. The molecule has 0 radical (unpaired) electrons. The number of halogens is 2. The molecule has 0 aliphatic heterocycles. The first-order valence-electron chi connectivity index (χ1n) is 6.14. The van der Waals surface area contributed by atoms with Crippen molar-refractivity contribution in [3.63, 3.8) is 0 Å². The van der Waals surface area contributed by atoms with E-state index < -0.39 is 11.6 Å². The van der Waals surface area contributed by atoms with Crippen LogP contribution in [-0.4, -0.2) is 9.97 Å². The van der Waals surface area contributed by atoms with Crippen LogP contribution in [0.3, 0.4) is 0 Å². The summed E-state index contributed by atoms with van der Waals surface area (Å²) in [7, 11) is 0. The Morgan fingerprint density at radius 2 is 1.95 bits per heavy atom. The molecule has 0 bridgehead atoms. The van der Waals surface area contributed by atoms with E-state index in [9.17, 15) is 8.78 Å². The number of benzene rings is 1. The maximum Gasteiger partial charge on any atom is 0.148 e. The van der Waals surface area contributed by atoms with E-state index in [1.165, 1.54) is 6.33 Å². The monoisotopic (exact) mass is 279 g/mol. The molecule has 7 heteroatoms. The van der Waals surface area contributed by atoms with Crippen LogP contribution < -0.4 is 16.6 Å². The van der Waals surface area contributed by atoms with Crippen LogP contribution in [-0.2, 0) is 13.0 Å². The lowest BCUT2D eigenvalue weighted by Crippen LogP contribution is -2.14. The topological polar surface area (TPSA) is 75.9 Å². The molecule has 0 saturated heterocycles. The first kappa shape index (κ1) is 14.1. The molecule has 2 aromatic rings. The van der Waals surface area contributed by atoms with E-state index in [0.717, 1.165) is 23.8 Å². The third-order valence-corrected chi connectivity index (χ3v) is 2.89. The fraction of sp³-hybridized carbons (Fsp3) is 0.231. The number of hydrogen-bond acceptors (Lipinski definition) is 5. The van der Waals surface area contributed by atoms with Gasteiger partial charge in [0.2, 0.25) is 0 Å². The molecule has 0 aliphatic carbocycles. The van der Waals surface area contributed by atoms with E-state index in [4.69, 9.17) is 5.84 Å². The second-order valence-electron chi connectivity index (χ2n) is 4.14. The van der Waals surface area contributed by atoms with Crippen molar-refractivity contribution in [2.45, 2.75) is 19.9 Å². The van der Waals surface area contributed by atoms with Gasteiger partial charge in [-0.1, -0.05) is 6.92 Å². The Morgan fingerprint density at radius 1 is 1.20 bits per heavy atom. The van der Waals surface area contributed by atoms with Crippen LogP contribution in [0.2, 0.25) is 0 Å². The Kier molecular flexibility index (Phi) is 4.41. The molecule has 106 valence electrons. The van der Waals surface area contributed by atoms with Crippen LogP contribution in [0.4, 0.5) is 20.4 Å². The van der Waals surface area contributed by atoms with Crippen molar-refractivity contribution in [2.24, 2.45) is 5.84 Å². The van der Waals surface area contributed by atoms with Gasteiger partial charge in [-0.05, 0) is 24.6 Å². The lowest BCUT2D eigenvalue weighted by Gasteiger charge is -2.13. The van der Waals surface area contributed by atoms with Crippen LogP contribution in [0.15, 0.2) is 24.5 Å². The predicted octanol–water partition coefficient (Wildman–Crippen LogP) is 2.21. The quantitative estimate of drug-likeness (QED) is 0.578. The average Bonchev–Trinajstić information content (AvgIpc) is 2.47. The Labute approximate surface area is 115 Å². The summed E-state index contributed by atoms with van der Waals surface area (Å²) >= 11 is 0. The Bertz CT molecular complexity index is 603. The number of nitrogens with one attached hydrogen (secondary N) is 2. The lowest BCUT2D eigenvalue weighted by molar-refractivity contribution is 0.587. The lowest BCUT2D eigenvalue weighted by atomic mass is 10.2. The smallest absolute Gasteiger partial charge is 0.148 e. The second kappa shape index (κ2) is 6.25. The number of nitrogens with two attached hydrogens (primary N) is 1. The second-order valence-corrected chi connectivity index (χ2v) is 4.14. The fourth-order valence-corrected chi connectivity index (χ4v) is 1.88. The minimum Gasteiger partial charge on any atom is -0.365 e. The molecule has 0 spiro atoms. The van der Waals surface area contributed by atoms with Crippen molar-refractivity contribution in [1.29, 1.82) is 0 Å².